The number of fused-ring (bicyclic) bond motifs is 4. The Bertz CT molecular complexity index is 2540. The number of aryl methyl sites for hydroxylation is 1. The Morgan fingerprint density at radius 1 is 0.735 bits per heavy atom. The van der Waals surface area contributed by atoms with E-state index in [1.807, 2.05) is 54.6 Å². The molecule has 0 bridgehead atoms. The minimum atomic E-state index is -0.327. The molecule has 8 nitrogen and oxygen atoms in total. The molecule has 0 atom stereocenters. The minimum Gasteiger partial charge on any atom is -0.317 e. The topological polar surface area (TPSA) is 91.7 Å². The van der Waals surface area contributed by atoms with Gasteiger partial charge in [0.1, 0.15) is 0 Å². The van der Waals surface area contributed by atoms with E-state index >= 15 is 0 Å². The Morgan fingerprint density at radius 3 is 2.41 bits per heavy atom. The summed E-state index contributed by atoms with van der Waals surface area (Å²) in [5.41, 5.74) is 9.07. The van der Waals surface area contributed by atoms with Gasteiger partial charge >= 0.3 is 0 Å². The zero-order chi connectivity index (χ0) is 32.9. The molecule has 49 heavy (non-hydrogen) atoms. The van der Waals surface area contributed by atoms with Gasteiger partial charge in [0.05, 0.1) is 27.2 Å². The van der Waals surface area contributed by atoms with Crippen molar-refractivity contribution in [3.05, 3.63) is 155 Å². The molecule has 0 fully saturated rings. The number of nitro benzene ring substituents is 1. The van der Waals surface area contributed by atoms with Gasteiger partial charge in [-0.2, -0.15) is 9.97 Å². The number of benzene rings is 4. The van der Waals surface area contributed by atoms with Gasteiger partial charge in [0, 0.05) is 34.3 Å². The van der Waals surface area contributed by atoms with E-state index in [4.69, 9.17) is 15.0 Å². The lowest BCUT2D eigenvalue weighted by molar-refractivity contribution is -0.384. The number of allylic oxidation sites excluding steroid dienone is 5. The molecule has 0 N–H and O–H groups in total. The molecule has 0 unspecified atom stereocenters. The lowest BCUT2D eigenvalue weighted by Gasteiger charge is -2.14. The zero-order valence-corrected chi connectivity index (χ0v) is 26.5. The van der Waals surface area contributed by atoms with Crippen molar-refractivity contribution in [3.63, 3.8) is 0 Å². The van der Waals surface area contributed by atoms with Gasteiger partial charge < -0.3 is 4.57 Å². The molecule has 236 valence electrons. The summed E-state index contributed by atoms with van der Waals surface area (Å²) in [5.74, 6) is 1.97. The van der Waals surface area contributed by atoms with Crippen LogP contribution in [0.2, 0.25) is 0 Å². The predicted molar refractivity (Wildman–Crippen MR) is 195 cm³/mol. The van der Waals surface area contributed by atoms with Crippen LogP contribution in [0.1, 0.15) is 36.3 Å². The Kier molecular flexibility index (Phi) is 6.86. The first kappa shape index (κ1) is 28.8. The lowest BCUT2D eigenvalue weighted by atomic mass is 10.0. The van der Waals surface area contributed by atoms with Crippen LogP contribution >= 0.6 is 0 Å². The van der Waals surface area contributed by atoms with Gasteiger partial charge in [0.25, 0.3) is 5.69 Å². The SMILES string of the molecule is O=[N+]([O-])c1ccccc1-c1ccc2c(ccn2-c2ccc3c(c2)c2c(n3-c3nc(C4=CC=CCC4)nc(-c4ccccc4)n3)C=CCC2)c1. The van der Waals surface area contributed by atoms with Crippen LogP contribution in [-0.4, -0.2) is 29.0 Å². The molecule has 9 rings (SSSR count). The van der Waals surface area contributed by atoms with Crippen LogP contribution in [-0.2, 0) is 6.42 Å². The van der Waals surface area contributed by atoms with Crippen molar-refractivity contribution in [2.24, 2.45) is 0 Å². The second kappa shape index (κ2) is 11.7. The van der Waals surface area contributed by atoms with Crippen LogP contribution in [0.4, 0.5) is 5.69 Å². The van der Waals surface area contributed by atoms with Gasteiger partial charge in [0.15, 0.2) is 11.6 Å². The summed E-state index contributed by atoms with van der Waals surface area (Å²) in [7, 11) is 0. The third-order valence-corrected chi connectivity index (χ3v) is 9.47. The molecule has 0 aliphatic heterocycles. The smallest absolute Gasteiger partial charge is 0.277 e. The molecular weight excluding hydrogens is 608 g/mol. The predicted octanol–water partition coefficient (Wildman–Crippen LogP) is 9.69. The highest BCUT2D eigenvalue weighted by molar-refractivity contribution is 5.93. The number of para-hydroxylation sites is 1. The van der Waals surface area contributed by atoms with E-state index in [0.29, 0.717) is 23.2 Å². The Hall–Kier alpha value is -6.41. The molecule has 0 radical (unpaired) electrons. The maximum absolute atomic E-state index is 11.7. The van der Waals surface area contributed by atoms with Crippen molar-refractivity contribution in [2.75, 3.05) is 0 Å². The average molecular weight is 639 g/mol. The molecule has 8 heteroatoms. The summed E-state index contributed by atoms with van der Waals surface area (Å²) < 4.78 is 4.37. The van der Waals surface area contributed by atoms with E-state index < -0.39 is 0 Å². The molecule has 0 amide bonds. The maximum Gasteiger partial charge on any atom is 0.277 e. The van der Waals surface area contributed by atoms with Crippen LogP contribution in [0.5, 0.6) is 0 Å². The van der Waals surface area contributed by atoms with Crippen molar-refractivity contribution in [3.8, 4) is 34.2 Å². The van der Waals surface area contributed by atoms with Crippen molar-refractivity contribution < 1.29 is 4.92 Å². The summed E-state index contributed by atoms with van der Waals surface area (Å²) >= 11 is 0. The third kappa shape index (κ3) is 4.96. The quantitative estimate of drug-likeness (QED) is 0.134. The van der Waals surface area contributed by atoms with Gasteiger partial charge in [-0.05, 0) is 90.9 Å². The number of hydrogen-bond donors (Lipinski definition) is 0. The van der Waals surface area contributed by atoms with E-state index in [2.05, 4.69) is 70.0 Å². The number of aromatic nitrogens is 5. The van der Waals surface area contributed by atoms with Crippen LogP contribution in [0, 0.1) is 10.1 Å². The summed E-state index contributed by atoms with van der Waals surface area (Å²) in [4.78, 5) is 26.5. The van der Waals surface area contributed by atoms with E-state index in [-0.39, 0.29) is 10.6 Å². The highest BCUT2D eigenvalue weighted by Gasteiger charge is 2.23. The second-order valence-electron chi connectivity index (χ2n) is 12.4. The van der Waals surface area contributed by atoms with Crippen LogP contribution < -0.4 is 0 Å². The van der Waals surface area contributed by atoms with Crippen LogP contribution in [0.15, 0.2) is 128 Å². The Labute approximate surface area is 282 Å². The summed E-state index contributed by atoms with van der Waals surface area (Å²) in [5, 5.41) is 13.9. The molecule has 0 saturated carbocycles. The molecule has 0 saturated heterocycles. The largest absolute Gasteiger partial charge is 0.317 e. The number of rotatable bonds is 6. The highest BCUT2D eigenvalue weighted by Crippen LogP contribution is 2.37. The fraction of sp³-hybridized carbons (Fsp3) is 0.0976. The fourth-order valence-electron chi connectivity index (χ4n) is 7.12. The van der Waals surface area contributed by atoms with Crippen molar-refractivity contribution in [1.29, 1.82) is 0 Å². The summed E-state index contributed by atoms with van der Waals surface area (Å²) in [6.07, 6.45) is 16.6. The molecule has 3 heterocycles. The molecule has 0 spiro atoms. The molecule has 4 aromatic carbocycles. The molecule has 2 aliphatic rings. The second-order valence-corrected chi connectivity index (χ2v) is 12.4. The maximum atomic E-state index is 11.7. The first-order valence-electron chi connectivity index (χ1n) is 16.5. The van der Waals surface area contributed by atoms with E-state index in [1.54, 1.807) is 18.2 Å². The van der Waals surface area contributed by atoms with Crippen molar-refractivity contribution in [2.45, 2.75) is 25.7 Å². The van der Waals surface area contributed by atoms with Crippen LogP contribution in [0.3, 0.4) is 0 Å². The summed E-state index contributed by atoms with van der Waals surface area (Å²) in [6, 6.07) is 31.6. The van der Waals surface area contributed by atoms with Gasteiger partial charge in [-0.25, -0.2) is 4.98 Å². The number of nitrogens with zero attached hydrogens (tertiary/aromatic N) is 6. The van der Waals surface area contributed by atoms with Gasteiger partial charge in [0.2, 0.25) is 5.95 Å². The first-order chi connectivity index (χ1) is 24.1. The fourth-order valence-corrected chi connectivity index (χ4v) is 7.12. The Balaban J connectivity index is 1.19. The van der Waals surface area contributed by atoms with E-state index in [1.165, 1.54) is 10.9 Å². The van der Waals surface area contributed by atoms with Crippen LogP contribution in [0.25, 0.3) is 67.6 Å². The van der Waals surface area contributed by atoms with E-state index in [0.717, 1.165) is 70.2 Å². The van der Waals surface area contributed by atoms with Gasteiger partial charge in [-0.1, -0.05) is 72.8 Å². The third-order valence-electron chi connectivity index (χ3n) is 9.47. The lowest BCUT2D eigenvalue weighted by Crippen LogP contribution is -2.10. The number of hydrogen-bond acceptors (Lipinski definition) is 5. The summed E-state index contributed by atoms with van der Waals surface area (Å²) in [6.45, 7) is 0. The van der Waals surface area contributed by atoms with Crippen molar-refractivity contribution in [1.82, 2.24) is 24.1 Å². The molecule has 2 aliphatic carbocycles. The standard InChI is InChI=1S/C41H30N6O2/c48-47(49)38-18-10-7-15-32(38)29-19-21-35-30(25-29)23-24-45(35)31-20-22-37-34(26-31)33-16-8-9-17-36(33)46(37)41-43-39(27-11-3-1-4-12-27)42-40(44-41)28-13-5-2-6-14-28/h1-5,7,9-13,15,17-26H,6,8,14,16H2. The van der Waals surface area contributed by atoms with Crippen molar-refractivity contribution >= 4 is 39.1 Å². The number of nitro groups is 1. The Morgan fingerprint density at radius 2 is 1.55 bits per heavy atom. The molecule has 7 aromatic rings. The highest BCUT2D eigenvalue weighted by atomic mass is 16.6. The monoisotopic (exact) mass is 638 g/mol. The van der Waals surface area contributed by atoms with Gasteiger partial charge in [-0.3, -0.25) is 14.7 Å². The normalized spacial score (nSPS) is 13.9. The molecular formula is C41H30N6O2. The van der Waals surface area contributed by atoms with Gasteiger partial charge in [-0.15, -0.1) is 0 Å². The van der Waals surface area contributed by atoms with E-state index in [9.17, 15) is 10.1 Å². The zero-order valence-electron chi connectivity index (χ0n) is 26.5. The minimum absolute atomic E-state index is 0.101. The molecule has 3 aromatic heterocycles. The average Bonchev–Trinajstić information content (AvgIpc) is 3.74. The first-order valence-corrected chi connectivity index (χ1v) is 16.5.